The number of benzene rings is 18. The van der Waals surface area contributed by atoms with Crippen LogP contribution in [-0.4, -0.2) is 38.6 Å². The molecular formula is C108H69BrN8. The van der Waals surface area contributed by atoms with Crippen molar-refractivity contribution in [3.63, 3.8) is 0 Å². The number of nitrogens with zero attached hydrogens (tertiary/aromatic N) is 7. The topological polar surface area (TPSA) is 82.1 Å². The molecule has 0 saturated carbocycles. The summed E-state index contributed by atoms with van der Waals surface area (Å²) >= 11 is 3.50. The van der Waals surface area contributed by atoms with Crippen LogP contribution in [0.4, 0.5) is 0 Å². The summed E-state index contributed by atoms with van der Waals surface area (Å²) in [5.74, 6) is 1.45. The second-order valence-corrected chi connectivity index (χ2v) is 30.7. The lowest BCUT2D eigenvalue weighted by molar-refractivity contribution is 1.17. The second kappa shape index (κ2) is 28.8. The fourth-order valence-corrected chi connectivity index (χ4v) is 17.7. The summed E-state index contributed by atoms with van der Waals surface area (Å²) in [5.41, 5.74) is 25.9. The monoisotopic (exact) mass is 1560 g/mol. The highest BCUT2D eigenvalue weighted by Gasteiger charge is 2.21. The first kappa shape index (κ1) is 68.6. The van der Waals surface area contributed by atoms with Crippen molar-refractivity contribution in [1.29, 1.82) is 0 Å². The Labute approximate surface area is 681 Å². The molecule has 6 aromatic heterocycles. The fraction of sp³-hybridized carbons (Fsp3) is 0. The Bertz CT molecular complexity index is 7990. The first-order chi connectivity index (χ1) is 57.9. The average molecular weight is 1560 g/mol. The van der Waals surface area contributed by atoms with Gasteiger partial charge in [-0.2, -0.15) is 0 Å². The van der Waals surface area contributed by atoms with Gasteiger partial charge < -0.3 is 18.7 Å². The van der Waals surface area contributed by atoms with Crippen molar-refractivity contribution < 1.29 is 0 Å². The summed E-state index contributed by atoms with van der Waals surface area (Å²) in [7, 11) is 0. The lowest BCUT2D eigenvalue weighted by atomic mass is 10.0. The molecule has 0 amide bonds. The molecule has 0 aliphatic heterocycles. The van der Waals surface area contributed by atoms with Gasteiger partial charge in [-0.15, -0.1) is 0 Å². The van der Waals surface area contributed by atoms with Gasteiger partial charge in [0, 0.05) is 119 Å². The summed E-state index contributed by atoms with van der Waals surface area (Å²) in [6, 6.07) is 146. The van der Waals surface area contributed by atoms with E-state index in [1.165, 1.54) is 132 Å². The van der Waals surface area contributed by atoms with E-state index in [0.717, 1.165) is 82.2 Å². The zero-order valence-corrected chi connectivity index (χ0v) is 64.9. The van der Waals surface area contributed by atoms with Crippen LogP contribution < -0.4 is 0 Å². The zero-order chi connectivity index (χ0) is 77.4. The van der Waals surface area contributed by atoms with Crippen molar-refractivity contribution >= 4 is 147 Å². The van der Waals surface area contributed by atoms with Gasteiger partial charge in [-0.3, -0.25) is 0 Å². The number of aromatic nitrogens is 8. The third-order valence-corrected chi connectivity index (χ3v) is 23.5. The van der Waals surface area contributed by atoms with Gasteiger partial charge in [0.25, 0.3) is 0 Å². The number of para-hydroxylation sites is 6. The number of rotatable bonds is 9. The maximum Gasteiger partial charge on any atom is 0.160 e. The molecule has 0 atom stereocenters. The van der Waals surface area contributed by atoms with Crippen molar-refractivity contribution in [1.82, 2.24) is 38.6 Å². The van der Waals surface area contributed by atoms with E-state index in [4.69, 9.17) is 19.9 Å². The highest BCUT2D eigenvalue weighted by molar-refractivity contribution is 9.10. The molecule has 0 saturated heterocycles. The number of fused-ring (bicyclic) bond motifs is 18. The normalized spacial score (nSPS) is 11.6. The molecule has 6 heterocycles. The Morgan fingerprint density at radius 1 is 0.197 bits per heavy atom. The van der Waals surface area contributed by atoms with E-state index in [1.54, 1.807) is 0 Å². The van der Waals surface area contributed by atoms with E-state index in [1.807, 2.05) is 48.5 Å². The van der Waals surface area contributed by atoms with Gasteiger partial charge in [0.1, 0.15) is 0 Å². The number of halogens is 1. The molecule has 0 radical (unpaired) electrons. The largest absolute Gasteiger partial charge is 0.355 e. The van der Waals surface area contributed by atoms with Crippen molar-refractivity contribution in [3.05, 3.63) is 417 Å². The number of aromatic amines is 1. The molecule has 117 heavy (non-hydrogen) atoms. The van der Waals surface area contributed by atoms with Gasteiger partial charge in [-0.1, -0.05) is 283 Å². The van der Waals surface area contributed by atoms with E-state index in [9.17, 15) is 0 Å². The van der Waals surface area contributed by atoms with Crippen molar-refractivity contribution in [3.8, 4) is 84.6 Å². The lowest BCUT2D eigenvalue weighted by Crippen LogP contribution is -1.97. The van der Waals surface area contributed by atoms with Crippen molar-refractivity contribution in [2.75, 3.05) is 0 Å². The molecular weight excluding hydrogens is 1490 g/mol. The maximum atomic E-state index is 5.22. The van der Waals surface area contributed by atoms with Crippen LogP contribution in [0.5, 0.6) is 0 Å². The van der Waals surface area contributed by atoms with Crippen LogP contribution in [0.25, 0.3) is 215 Å². The van der Waals surface area contributed by atoms with Crippen molar-refractivity contribution in [2.45, 2.75) is 0 Å². The minimum absolute atomic E-state index is 0.713. The number of hydrogen-bond acceptors (Lipinski definition) is 4. The molecule has 0 spiro atoms. The SMILES string of the molecule is Brc1ccc(-c2nc(-c3ccccc3)c3ccc4ccccc4c3n2)cc1.c1ccc(-c2nc(-c3ccc(-n4c5ccccc5c5cc(-c6ccc7c(c6)c6ccccc6n7-c6ccccc6)ccc54)cc3)nc3c2ccc2ccccc23)cc1.c1ccc(-n2c3ccccc3c3cc(-c4ccc5[nH]c6ccccc6c5c4)ccc32)cc1. The maximum absolute atomic E-state index is 5.22. The van der Waals surface area contributed by atoms with Gasteiger partial charge in [0.15, 0.2) is 11.6 Å². The molecule has 0 bridgehead atoms. The van der Waals surface area contributed by atoms with Crippen LogP contribution in [0.15, 0.2) is 417 Å². The van der Waals surface area contributed by atoms with Gasteiger partial charge in [-0.25, -0.2) is 19.9 Å². The van der Waals surface area contributed by atoms with Crippen LogP contribution in [0.3, 0.4) is 0 Å². The van der Waals surface area contributed by atoms with Crippen LogP contribution in [0, 0.1) is 0 Å². The highest BCUT2D eigenvalue weighted by atomic mass is 79.9. The van der Waals surface area contributed by atoms with E-state index in [2.05, 4.69) is 399 Å². The Morgan fingerprint density at radius 2 is 0.513 bits per heavy atom. The molecule has 24 rings (SSSR count). The standard InChI is InChI=1S/C54H34N4.C30H20N2.C24H15BrN2/c1-3-14-36(15-4-1)52-45-30-25-35-13-7-8-18-42(35)53(45)56-54(55-52)37-23-28-41(29-24-37)58-49-22-12-10-20-44(49)47-34-39(27-32-51(47)58)38-26-31-50-46(33-38)43-19-9-11-21-48(43)57(50)40-16-5-2-6-17-40;1-2-8-22(9-3-1)32-29-13-7-5-11-24(29)26-19-21(15-17-30(26)32)20-14-16-28-25(18-20)23-10-4-6-12-27(23)31-28;25-19-13-10-18(11-14-19)24-26-22(17-7-2-1-3-8-17)21-15-12-16-6-4-5-9-20(16)23(21)27-24/h1-34H;1-19,31H;1-15H. The molecule has 0 aliphatic carbocycles. The van der Waals surface area contributed by atoms with Crippen LogP contribution in [-0.2, 0) is 0 Å². The van der Waals surface area contributed by atoms with Crippen LogP contribution >= 0.6 is 15.9 Å². The summed E-state index contributed by atoms with van der Waals surface area (Å²) in [6.45, 7) is 0. The quantitative estimate of drug-likeness (QED) is 0.146. The predicted octanol–water partition coefficient (Wildman–Crippen LogP) is 28.9. The Hall–Kier alpha value is -15.2. The van der Waals surface area contributed by atoms with Gasteiger partial charge >= 0.3 is 0 Å². The molecule has 24 aromatic rings. The molecule has 0 unspecified atom stereocenters. The summed E-state index contributed by atoms with van der Waals surface area (Å²) < 4.78 is 8.14. The molecule has 0 fully saturated rings. The molecule has 548 valence electrons. The van der Waals surface area contributed by atoms with Gasteiger partial charge in [0.05, 0.1) is 55.5 Å². The summed E-state index contributed by atoms with van der Waals surface area (Å²) in [4.78, 5) is 23.9. The number of H-pyrrole nitrogens is 1. The predicted molar refractivity (Wildman–Crippen MR) is 493 cm³/mol. The zero-order valence-electron chi connectivity index (χ0n) is 63.3. The minimum Gasteiger partial charge on any atom is -0.355 e. The Kier molecular flexibility index (Phi) is 16.9. The molecule has 8 nitrogen and oxygen atoms in total. The number of nitrogens with one attached hydrogen (secondary N) is 1. The Morgan fingerprint density at radius 3 is 0.949 bits per heavy atom. The number of hydrogen-bond donors (Lipinski definition) is 1. The molecule has 0 aliphatic rings. The summed E-state index contributed by atoms with van der Waals surface area (Å²) in [6.07, 6.45) is 0. The van der Waals surface area contributed by atoms with E-state index in [-0.39, 0.29) is 0 Å². The van der Waals surface area contributed by atoms with Gasteiger partial charge in [0.2, 0.25) is 0 Å². The summed E-state index contributed by atoms with van der Waals surface area (Å²) in [5, 5.41) is 16.8. The molecule has 9 heteroatoms. The van der Waals surface area contributed by atoms with E-state index >= 15 is 0 Å². The first-order valence-corrected chi connectivity index (χ1v) is 40.3. The van der Waals surface area contributed by atoms with Crippen LogP contribution in [0.2, 0.25) is 0 Å². The molecule has 1 N–H and O–H groups in total. The first-order valence-electron chi connectivity index (χ1n) is 39.5. The minimum atomic E-state index is 0.713. The highest BCUT2D eigenvalue weighted by Crippen LogP contribution is 2.43. The third-order valence-electron chi connectivity index (χ3n) is 23.0. The third kappa shape index (κ3) is 12.1. The van der Waals surface area contributed by atoms with E-state index in [0.29, 0.717) is 5.82 Å². The second-order valence-electron chi connectivity index (χ2n) is 29.8. The van der Waals surface area contributed by atoms with E-state index < -0.39 is 0 Å². The Balaban J connectivity index is 0.000000118. The smallest absolute Gasteiger partial charge is 0.160 e. The van der Waals surface area contributed by atoms with Crippen molar-refractivity contribution in [2.24, 2.45) is 0 Å². The fourth-order valence-electron chi connectivity index (χ4n) is 17.5. The average Bonchev–Trinajstić information content (AvgIpc) is 1.50. The van der Waals surface area contributed by atoms with Gasteiger partial charge in [-0.05, 0) is 179 Å². The van der Waals surface area contributed by atoms with Crippen LogP contribution in [0.1, 0.15) is 0 Å². The molecule has 18 aromatic carbocycles. The lowest BCUT2D eigenvalue weighted by Gasteiger charge is -2.12.